The Hall–Kier alpha value is -2.91. The molecule has 0 spiro atoms. The molecule has 1 aliphatic rings. The highest BCUT2D eigenvalue weighted by Gasteiger charge is 2.39. The van der Waals surface area contributed by atoms with Crippen LogP contribution in [0.15, 0.2) is 60.0 Å². The zero-order chi connectivity index (χ0) is 25.7. The molecule has 36 heavy (non-hydrogen) atoms. The van der Waals surface area contributed by atoms with E-state index in [0.717, 1.165) is 28.0 Å². The molecule has 0 saturated carbocycles. The summed E-state index contributed by atoms with van der Waals surface area (Å²) in [5.74, 6) is -0.825. The summed E-state index contributed by atoms with van der Waals surface area (Å²) in [5.41, 5.74) is 2.91. The van der Waals surface area contributed by atoms with Gasteiger partial charge in [-0.05, 0) is 54.0 Å². The molecule has 2 aromatic carbocycles. The molecule has 0 aliphatic carbocycles. The number of aliphatic hydroxyl groups is 2. The maximum Gasteiger partial charge on any atom is 0.255 e. The zero-order valence-electron chi connectivity index (χ0n) is 19.9. The molecule has 4 rings (SSSR count). The van der Waals surface area contributed by atoms with Gasteiger partial charge in [0.25, 0.3) is 11.8 Å². The van der Waals surface area contributed by atoms with Gasteiger partial charge >= 0.3 is 0 Å². The molecular formula is C27H29ClN2O5S. The van der Waals surface area contributed by atoms with Crippen molar-refractivity contribution in [2.75, 3.05) is 13.7 Å². The van der Waals surface area contributed by atoms with E-state index in [-0.39, 0.29) is 12.6 Å². The first-order valence-corrected chi connectivity index (χ1v) is 13.0. The van der Waals surface area contributed by atoms with Crippen molar-refractivity contribution < 1.29 is 24.5 Å². The molecule has 1 aliphatic heterocycles. The van der Waals surface area contributed by atoms with E-state index in [1.165, 1.54) is 16.2 Å². The number of aliphatic hydroxyl groups excluding tert-OH is 2. The molecular weight excluding hydrogens is 500 g/mol. The van der Waals surface area contributed by atoms with Crippen molar-refractivity contribution in [3.8, 4) is 5.75 Å². The highest BCUT2D eigenvalue weighted by Crippen LogP contribution is 2.37. The first-order chi connectivity index (χ1) is 17.4. The van der Waals surface area contributed by atoms with E-state index in [1.807, 2.05) is 60.0 Å². The minimum absolute atomic E-state index is 0.178. The van der Waals surface area contributed by atoms with Crippen LogP contribution in [0.25, 0.3) is 0 Å². The average molecular weight is 529 g/mol. The number of likely N-dealkylation sites (tertiary alicyclic amines) is 1. The van der Waals surface area contributed by atoms with Gasteiger partial charge < -0.3 is 25.2 Å². The Morgan fingerprint density at radius 1 is 1.17 bits per heavy atom. The average Bonchev–Trinajstić information content (AvgIpc) is 3.57. The van der Waals surface area contributed by atoms with Gasteiger partial charge in [-0.1, -0.05) is 48.0 Å². The first kappa shape index (κ1) is 26.2. The summed E-state index contributed by atoms with van der Waals surface area (Å²) in [6.45, 7) is 0.605. The monoisotopic (exact) mass is 528 g/mol. The lowest BCUT2D eigenvalue weighted by atomic mass is 10.0. The largest absolute Gasteiger partial charge is 0.496 e. The highest BCUT2D eigenvalue weighted by molar-refractivity contribution is 7.10. The number of hydrogen-bond acceptors (Lipinski definition) is 6. The number of halogens is 1. The third kappa shape index (κ3) is 5.90. The number of hydrogen-bond donors (Lipinski definition) is 3. The van der Waals surface area contributed by atoms with Gasteiger partial charge in [0.1, 0.15) is 5.75 Å². The van der Waals surface area contributed by atoms with Gasteiger partial charge in [-0.25, -0.2) is 0 Å². The van der Waals surface area contributed by atoms with Gasteiger partial charge in [-0.15, -0.1) is 11.3 Å². The number of ether oxygens (including phenoxy) is 1. The van der Waals surface area contributed by atoms with Crippen molar-refractivity contribution in [3.05, 3.63) is 86.6 Å². The van der Waals surface area contributed by atoms with E-state index in [0.29, 0.717) is 30.2 Å². The Labute approximate surface area is 219 Å². The quantitative estimate of drug-likeness (QED) is 0.393. The van der Waals surface area contributed by atoms with Crippen LogP contribution in [0, 0.1) is 0 Å². The van der Waals surface area contributed by atoms with Crippen LogP contribution in [0.4, 0.5) is 0 Å². The lowest BCUT2D eigenvalue weighted by molar-refractivity contribution is -0.153. The fourth-order valence-corrected chi connectivity index (χ4v) is 5.53. The molecule has 1 fully saturated rings. The fourth-order valence-electron chi connectivity index (χ4n) is 4.50. The molecule has 1 aromatic heterocycles. The Balaban J connectivity index is 1.34. The van der Waals surface area contributed by atoms with E-state index >= 15 is 0 Å². The van der Waals surface area contributed by atoms with Gasteiger partial charge in [0.2, 0.25) is 0 Å². The van der Waals surface area contributed by atoms with Gasteiger partial charge in [-0.3, -0.25) is 9.59 Å². The van der Waals surface area contributed by atoms with Crippen LogP contribution in [0.2, 0.25) is 5.02 Å². The van der Waals surface area contributed by atoms with E-state index in [9.17, 15) is 19.8 Å². The lowest BCUT2D eigenvalue weighted by Crippen LogP contribution is -2.50. The maximum absolute atomic E-state index is 13.0. The number of rotatable bonds is 9. The smallest absolute Gasteiger partial charge is 0.255 e. The van der Waals surface area contributed by atoms with Crippen molar-refractivity contribution >= 4 is 34.8 Å². The Morgan fingerprint density at radius 2 is 1.92 bits per heavy atom. The molecule has 2 amide bonds. The summed E-state index contributed by atoms with van der Waals surface area (Å²) < 4.78 is 5.43. The van der Waals surface area contributed by atoms with E-state index < -0.39 is 24.0 Å². The van der Waals surface area contributed by atoms with Crippen LogP contribution in [-0.2, 0) is 22.6 Å². The number of carbonyl (C=O) groups excluding carboxylic acids is 2. The zero-order valence-corrected chi connectivity index (χ0v) is 21.5. The number of benzene rings is 2. The number of nitrogens with one attached hydrogen (secondary N) is 1. The number of amides is 2. The van der Waals surface area contributed by atoms with Crippen LogP contribution in [0.1, 0.15) is 40.5 Å². The maximum atomic E-state index is 13.0. The highest BCUT2D eigenvalue weighted by atomic mass is 35.5. The second-order valence-electron chi connectivity index (χ2n) is 8.73. The number of thiophene rings is 1. The van der Waals surface area contributed by atoms with Crippen molar-refractivity contribution in [2.24, 2.45) is 0 Å². The van der Waals surface area contributed by atoms with Crippen molar-refractivity contribution in [1.82, 2.24) is 10.2 Å². The number of para-hydroxylation sites is 1. The topological polar surface area (TPSA) is 99.1 Å². The van der Waals surface area contributed by atoms with Crippen LogP contribution >= 0.6 is 22.9 Å². The van der Waals surface area contributed by atoms with Crippen LogP contribution in [0.3, 0.4) is 0 Å². The molecule has 9 heteroatoms. The summed E-state index contributed by atoms with van der Waals surface area (Å²) in [4.78, 5) is 28.0. The standard InChI is InChI=1S/C27H29ClN2O5S/c1-35-23-11-5-3-8-20(23)22-10-6-12-30(22)27(34)25(32)24(31)26(33)29-15-19-14-17(16-36-19)13-18-7-2-4-9-21(18)28/h2-5,7-9,11,14,16,22,24-25,31-32H,6,10,12-13,15H2,1H3,(H,29,33)/t22?,24-,25-/m1/s1. The Bertz CT molecular complexity index is 1220. The third-order valence-corrected chi connectivity index (χ3v) is 7.71. The van der Waals surface area contributed by atoms with Crippen molar-refractivity contribution in [3.63, 3.8) is 0 Å². The molecule has 3 aromatic rings. The van der Waals surface area contributed by atoms with Gasteiger partial charge in [-0.2, -0.15) is 0 Å². The van der Waals surface area contributed by atoms with E-state index in [2.05, 4.69) is 5.32 Å². The number of carbonyl (C=O) groups is 2. The summed E-state index contributed by atoms with van der Waals surface area (Å²) in [7, 11) is 1.57. The van der Waals surface area contributed by atoms with E-state index in [1.54, 1.807) is 7.11 Å². The summed E-state index contributed by atoms with van der Waals surface area (Å²) >= 11 is 7.71. The minimum atomic E-state index is -1.88. The van der Waals surface area contributed by atoms with Crippen LogP contribution < -0.4 is 10.1 Å². The van der Waals surface area contributed by atoms with Crippen molar-refractivity contribution in [2.45, 2.75) is 44.1 Å². The fraction of sp³-hybridized carbons (Fsp3) is 0.333. The third-order valence-electron chi connectivity index (χ3n) is 6.35. The molecule has 0 radical (unpaired) electrons. The predicted octanol–water partition coefficient (Wildman–Crippen LogP) is 3.70. The molecule has 1 saturated heterocycles. The molecule has 1 unspecified atom stereocenters. The normalized spacial score (nSPS) is 17.0. The van der Waals surface area contributed by atoms with Crippen LogP contribution in [-0.4, -0.2) is 52.8 Å². The Morgan fingerprint density at radius 3 is 2.69 bits per heavy atom. The summed E-state index contributed by atoms with van der Waals surface area (Å²) in [5, 5.41) is 26.3. The van der Waals surface area contributed by atoms with Crippen molar-refractivity contribution in [1.29, 1.82) is 0 Å². The second kappa shape index (κ2) is 11.9. The van der Waals surface area contributed by atoms with E-state index in [4.69, 9.17) is 16.3 Å². The minimum Gasteiger partial charge on any atom is -0.496 e. The van der Waals surface area contributed by atoms with Gasteiger partial charge in [0.05, 0.1) is 19.7 Å². The molecule has 3 N–H and O–H groups in total. The first-order valence-electron chi connectivity index (χ1n) is 11.8. The summed E-state index contributed by atoms with van der Waals surface area (Å²) in [6, 6.07) is 16.7. The predicted molar refractivity (Wildman–Crippen MR) is 139 cm³/mol. The molecule has 2 heterocycles. The van der Waals surface area contributed by atoms with Gasteiger partial charge in [0.15, 0.2) is 12.2 Å². The summed E-state index contributed by atoms with van der Waals surface area (Å²) in [6.07, 6.45) is -1.62. The number of methoxy groups -OCH3 is 1. The van der Waals surface area contributed by atoms with Crippen LogP contribution in [0.5, 0.6) is 5.75 Å². The SMILES string of the molecule is COc1ccccc1C1CCCN1C(=O)[C@H](O)[C@@H](O)C(=O)NCc1cc(Cc2ccccc2Cl)cs1. The molecule has 7 nitrogen and oxygen atoms in total. The Kier molecular flexibility index (Phi) is 8.64. The molecule has 0 bridgehead atoms. The lowest BCUT2D eigenvalue weighted by Gasteiger charge is -2.29. The second-order valence-corrected chi connectivity index (χ2v) is 10.1. The molecule has 190 valence electrons. The van der Waals surface area contributed by atoms with Gasteiger partial charge in [0, 0.05) is 22.0 Å². The molecule has 3 atom stereocenters. The number of nitrogens with zero attached hydrogens (tertiary/aromatic N) is 1.